The summed E-state index contributed by atoms with van der Waals surface area (Å²) < 4.78 is 5.58. The normalized spacial score (nSPS) is 19.4. The van der Waals surface area contributed by atoms with Gasteiger partial charge in [-0.15, -0.1) is 11.3 Å². The lowest BCUT2D eigenvalue weighted by Crippen LogP contribution is -2.48. The molecule has 2 atom stereocenters. The Balaban J connectivity index is 1.71. The van der Waals surface area contributed by atoms with Gasteiger partial charge >= 0.3 is 6.03 Å². The van der Waals surface area contributed by atoms with E-state index in [4.69, 9.17) is 4.74 Å². The number of carbonyl (C=O) groups excluding carboxylic acids is 1. The monoisotopic (exact) mass is 331 g/mol. The maximum absolute atomic E-state index is 12.7. The molecule has 2 unspecified atom stereocenters. The molecular weight excluding hydrogens is 310 g/mol. The second-order valence-corrected chi connectivity index (χ2v) is 6.94. The molecule has 6 heteroatoms. The minimum Gasteiger partial charge on any atom is -0.377 e. The molecule has 0 spiro atoms. The minimum atomic E-state index is -0.0968. The summed E-state index contributed by atoms with van der Waals surface area (Å²) in [4.78, 5) is 20.1. The summed E-state index contributed by atoms with van der Waals surface area (Å²) in [5.74, 6) is 0. The summed E-state index contributed by atoms with van der Waals surface area (Å²) in [6.45, 7) is 5.68. The van der Waals surface area contributed by atoms with Crippen molar-refractivity contribution >= 4 is 17.4 Å². The van der Waals surface area contributed by atoms with Crippen LogP contribution in [0.5, 0.6) is 0 Å². The van der Waals surface area contributed by atoms with Crippen molar-refractivity contribution < 1.29 is 9.53 Å². The lowest BCUT2D eigenvalue weighted by atomic mass is 10.1. The van der Waals surface area contributed by atoms with Crippen LogP contribution in [0.4, 0.5) is 4.79 Å². The number of morpholine rings is 1. The van der Waals surface area contributed by atoms with E-state index in [1.54, 1.807) is 11.3 Å². The first-order valence-electron chi connectivity index (χ1n) is 7.77. The minimum absolute atomic E-state index is 0.0461. The Morgan fingerprint density at radius 3 is 2.91 bits per heavy atom. The number of benzene rings is 1. The second-order valence-electron chi connectivity index (χ2n) is 5.68. The standard InChI is InChI=1S/C17H21N3O2S/c1-12-10-18-16(23-12)13(2)19-17(21)20-8-9-22-11-15(20)14-6-4-3-5-7-14/h3-7,10,13,15H,8-9,11H2,1-2H3,(H,19,21). The molecule has 122 valence electrons. The Morgan fingerprint density at radius 1 is 1.43 bits per heavy atom. The van der Waals surface area contributed by atoms with E-state index in [0.717, 1.165) is 15.4 Å². The number of urea groups is 1. The lowest BCUT2D eigenvalue weighted by molar-refractivity contribution is 0.0111. The number of aryl methyl sites for hydroxylation is 1. The molecule has 0 saturated carbocycles. The highest BCUT2D eigenvalue weighted by Crippen LogP contribution is 2.25. The molecule has 1 saturated heterocycles. The summed E-state index contributed by atoms with van der Waals surface area (Å²) in [5.41, 5.74) is 1.10. The number of thiazole rings is 1. The van der Waals surface area contributed by atoms with Gasteiger partial charge in [-0.05, 0) is 19.4 Å². The third kappa shape index (κ3) is 3.71. The molecular formula is C17H21N3O2S. The molecule has 2 amide bonds. The Labute approximate surface area is 140 Å². The van der Waals surface area contributed by atoms with Gasteiger partial charge in [0.15, 0.2) is 0 Å². The molecule has 3 rings (SSSR count). The van der Waals surface area contributed by atoms with Crippen molar-refractivity contribution in [3.63, 3.8) is 0 Å². The SMILES string of the molecule is Cc1cnc(C(C)NC(=O)N2CCOCC2c2ccccc2)s1. The van der Waals surface area contributed by atoms with Crippen molar-refractivity contribution in [2.24, 2.45) is 0 Å². The van der Waals surface area contributed by atoms with E-state index >= 15 is 0 Å². The first-order valence-corrected chi connectivity index (χ1v) is 8.59. The Kier molecular flexibility index (Phi) is 4.93. The van der Waals surface area contributed by atoms with E-state index in [-0.39, 0.29) is 18.1 Å². The van der Waals surface area contributed by atoms with E-state index in [2.05, 4.69) is 10.3 Å². The number of hydrogen-bond acceptors (Lipinski definition) is 4. The van der Waals surface area contributed by atoms with Crippen LogP contribution in [0.3, 0.4) is 0 Å². The van der Waals surface area contributed by atoms with Gasteiger partial charge in [0.25, 0.3) is 0 Å². The van der Waals surface area contributed by atoms with Crippen molar-refractivity contribution in [3.05, 3.63) is 52.0 Å². The smallest absolute Gasteiger partial charge is 0.318 e. The Morgan fingerprint density at radius 2 is 2.22 bits per heavy atom. The Bertz CT molecular complexity index is 659. The number of carbonyl (C=O) groups is 1. The Hall–Kier alpha value is -1.92. The van der Waals surface area contributed by atoms with Crippen LogP contribution in [0.1, 0.15) is 34.5 Å². The fraction of sp³-hybridized carbons (Fsp3) is 0.412. The summed E-state index contributed by atoms with van der Waals surface area (Å²) in [6.07, 6.45) is 1.84. The van der Waals surface area contributed by atoms with Crippen molar-refractivity contribution in [2.45, 2.75) is 25.9 Å². The zero-order valence-corrected chi connectivity index (χ0v) is 14.2. The summed E-state index contributed by atoms with van der Waals surface area (Å²) in [6, 6.07) is 9.81. The van der Waals surface area contributed by atoms with Crippen LogP contribution in [0.15, 0.2) is 36.5 Å². The molecule has 1 fully saturated rings. The molecule has 23 heavy (non-hydrogen) atoms. The highest BCUT2D eigenvalue weighted by molar-refractivity contribution is 7.11. The number of ether oxygens (including phenoxy) is 1. The van der Waals surface area contributed by atoms with Crippen LogP contribution in [-0.2, 0) is 4.74 Å². The molecule has 1 aromatic carbocycles. The summed E-state index contributed by atoms with van der Waals surface area (Å²) >= 11 is 1.61. The van der Waals surface area contributed by atoms with Gasteiger partial charge < -0.3 is 15.0 Å². The molecule has 2 aromatic rings. The molecule has 1 N–H and O–H groups in total. The second kappa shape index (κ2) is 7.10. The summed E-state index contributed by atoms with van der Waals surface area (Å²) in [7, 11) is 0. The summed E-state index contributed by atoms with van der Waals surface area (Å²) in [5, 5.41) is 3.99. The highest BCUT2D eigenvalue weighted by Gasteiger charge is 2.29. The van der Waals surface area contributed by atoms with Gasteiger partial charge in [0.1, 0.15) is 5.01 Å². The van der Waals surface area contributed by atoms with Crippen LogP contribution in [0.25, 0.3) is 0 Å². The predicted octanol–water partition coefficient (Wildman–Crippen LogP) is 3.30. The zero-order valence-electron chi connectivity index (χ0n) is 13.4. The van der Waals surface area contributed by atoms with Crippen LogP contribution < -0.4 is 5.32 Å². The molecule has 0 aliphatic carbocycles. The number of rotatable bonds is 3. The maximum Gasteiger partial charge on any atom is 0.318 e. The van der Waals surface area contributed by atoms with Gasteiger partial charge in [0.2, 0.25) is 0 Å². The molecule has 2 heterocycles. The topological polar surface area (TPSA) is 54.5 Å². The molecule has 0 bridgehead atoms. The van der Waals surface area contributed by atoms with Gasteiger partial charge in [-0.25, -0.2) is 9.78 Å². The van der Waals surface area contributed by atoms with Crippen molar-refractivity contribution in [2.75, 3.05) is 19.8 Å². The first kappa shape index (κ1) is 16.0. The lowest BCUT2D eigenvalue weighted by Gasteiger charge is -2.36. The van der Waals surface area contributed by atoms with Crippen molar-refractivity contribution in [1.29, 1.82) is 0 Å². The number of amides is 2. The quantitative estimate of drug-likeness (QED) is 0.939. The highest BCUT2D eigenvalue weighted by atomic mass is 32.1. The fourth-order valence-corrected chi connectivity index (χ4v) is 3.48. The molecule has 1 aliphatic heterocycles. The van der Waals surface area contributed by atoms with Gasteiger partial charge in [-0.2, -0.15) is 0 Å². The van der Waals surface area contributed by atoms with Gasteiger partial charge in [0.05, 0.1) is 25.3 Å². The van der Waals surface area contributed by atoms with Crippen molar-refractivity contribution in [1.82, 2.24) is 15.2 Å². The van der Waals surface area contributed by atoms with Crippen LogP contribution in [-0.4, -0.2) is 35.7 Å². The maximum atomic E-state index is 12.7. The zero-order chi connectivity index (χ0) is 16.2. The van der Waals surface area contributed by atoms with E-state index in [1.807, 2.05) is 55.3 Å². The van der Waals surface area contributed by atoms with Crippen LogP contribution in [0, 0.1) is 6.92 Å². The molecule has 1 aliphatic rings. The van der Waals surface area contributed by atoms with E-state index in [1.165, 1.54) is 0 Å². The average molecular weight is 331 g/mol. The third-order valence-electron chi connectivity index (χ3n) is 3.92. The molecule has 0 radical (unpaired) electrons. The first-order chi connectivity index (χ1) is 11.1. The number of nitrogens with zero attached hydrogens (tertiary/aromatic N) is 2. The number of aromatic nitrogens is 1. The fourth-order valence-electron chi connectivity index (χ4n) is 2.70. The van der Waals surface area contributed by atoms with Gasteiger partial charge in [-0.1, -0.05) is 30.3 Å². The van der Waals surface area contributed by atoms with E-state index < -0.39 is 0 Å². The average Bonchev–Trinajstić information content (AvgIpc) is 3.02. The predicted molar refractivity (Wildman–Crippen MR) is 90.5 cm³/mol. The van der Waals surface area contributed by atoms with Gasteiger partial charge in [0, 0.05) is 17.6 Å². The van der Waals surface area contributed by atoms with E-state index in [0.29, 0.717) is 19.8 Å². The largest absolute Gasteiger partial charge is 0.377 e. The third-order valence-corrected chi connectivity index (χ3v) is 5.02. The van der Waals surface area contributed by atoms with Crippen LogP contribution >= 0.6 is 11.3 Å². The number of nitrogens with one attached hydrogen (secondary N) is 1. The van der Waals surface area contributed by atoms with E-state index in [9.17, 15) is 4.79 Å². The van der Waals surface area contributed by atoms with Crippen molar-refractivity contribution in [3.8, 4) is 0 Å². The van der Waals surface area contributed by atoms with Crippen LogP contribution in [0.2, 0.25) is 0 Å². The molecule has 5 nitrogen and oxygen atoms in total. The number of hydrogen-bond donors (Lipinski definition) is 1. The molecule has 1 aromatic heterocycles. The van der Waals surface area contributed by atoms with Gasteiger partial charge in [-0.3, -0.25) is 0 Å².